The lowest BCUT2D eigenvalue weighted by atomic mass is 9.99. The van der Waals surface area contributed by atoms with Gasteiger partial charge in [0, 0.05) is 52.9 Å². The van der Waals surface area contributed by atoms with Crippen LogP contribution in [0.2, 0.25) is 5.02 Å². The van der Waals surface area contributed by atoms with E-state index in [0.717, 1.165) is 33.2 Å². The molecule has 2 aromatic heterocycles. The first kappa shape index (κ1) is 16.6. The number of nitrogens with one attached hydrogen (secondary N) is 1. The predicted molar refractivity (Wildman–Crippen MR) is 105 cm³/mol. The maximum absolute atomic E-state index is 12.4. The first-order chi connectivity index (χ1) is 12.7. The van der Waals surface area contributed by atoms with Crippen LogP contribution in [0.15, 0.2) is 73.2 Å². The summed E-state index contributed by atoms with van der Waals surface area (Å²) in [6.45, 7) is 0. The molecule has 0 bridgehead atoms. The normalized spacial score (nSPS) is 11.0. The molecule has 0 aliphatic heterocycles. The minimum absolute atomic E-state index is 0.145. The van der Waals surface area contributed by atoms with Crippen LogP contribution in [0.4, 0.5) is 0 Å². The van der Waals surface area contributed by atoms with Crippen LogP contribution in [-0.2, 0) is 17.6 Å². The molecule has 3 nitrogen and oxygen atoms in total. The number of aromatic amines is 1. The standard InChI is InChI=1S/C22H17ClN2O/c23-18-4-1-3-15(10-18)11-19(26)12-16-9-17(14-24-13-16)20-5-2-6-22-21(20)7-8-25-22/h1-10,13-14,25H,11-12H2. The number of hydrogen-bond donors (Lipinski definition) is 1. The van der Waals surface area contributed by atoms with E-state index < -0.39 is 0 Å². The van der Waals surface area contributed by atoms with Crippen LogP contribution in [0.3, 0.4) is 0 Å². The Hall–Kier alpha value is -2.91. The van der Waals surface area contributed by atoms with Crippen molar-refractivity contribution >= 4 is 28.3 Å². The van der Waals surface area contributed by atoms with Crippen LogP contribution < -0.4 is 0 Å². The zero-order chi connectivity index (χ0) is 17.9. The second-order valence-corrected chi connectivity index (χ2v) is 6.78. The molecule has 2 aromatic carbocycles. The average Bonchev–Trinajstić information content (AvgIpc) is 3.10. The Morgan fingerprint density at radius 2 is 1.81 bits per heavy atom. The molecule has 4 heteroatoms. The summed E-state index contributed by atoms with van der Waals surface area (Å²) in [6, 6.07) is 17.7. The zero-order valence-corrected chi connectivity index (χ0v) is 14.8. The lowest BCUT2D eigenvalue weighted by Gasteiger charge is -2.07. The number of ketones is 1. The lowest BCUT2D eigenvalue weighted by Crippen LogP contribution is -2.07. The Morgan fingerprint density at radius 3 is 2.69 bits per heavy atom. The van der Waals surface area contributed by atoms with Crippen molar-refractivity contribution in [3.8, 4) is 11.1 Å². The Balaban J connectivity index is 1.56. The van der Waals surface area contributed by atoms with Crippen molar-refractivity contribution in [3.63, 3.8) is 0 Å². The molecule has 4 aromatic rings. The van der Waals surface area contributed by atoms with E-state index in [0.29, 0.717) is 17.9 Å². The van der Waals surface area contributed by atoms with Crippen molar-refractivity contribution in [2.75, 3.05) is 0 Å². The van der Waals surface area contributed by atoms with E-state index >= 15 is 0 Å². The fraction of sp³-hybridized carbons (Fsp3) is 0.0909. The maximum Gasteiger partial charge on any atom is 0.141 e. The van der Waals surface area contributed by atoms with Gasteiger partial charge < -0.3 is 4.98 Å². The second-order valence-electron chi connectivity index (χ2n) is 6.35. The van der Waals surface area contributed by atoms with E-state index in [9.17, 15) is 4.79 Å². The molecule has 4 rings (SSSR count). The number of benzene rings is 2. The van der Waals surface area contributed by atoms with Crippen molar-refractivity contribution in [1.82, 2.24) is 9.97 Å². The Labute approximate surface area is 156 Å². The summed E-state index contributed by atoms with van der Waals surface area (Å²) in [7, 11) is 0. The zero-order valence-electron chi connectivity index (χ0n) is 14.1. The number of aromatic nitrogens is 2. The van der Waals surface area contributed by atoms with E-state index in [1.807, 2.05) is 54.9 Å². The molecule has 2 heterocycles. The summed E-state index contributed by atoms with van der Waals surface area (Å²) in [4.78, 5) is 20.0. The quantitative estimate of drug-likeness (QED) is 0.529. The summed E-state index contributed by atoms with van der Waals surface area (Å²) in [5, 5.41) is 1.80. The molecule has 0 aliphatic rings. The monoisotopic (exact) mass is 360 g/mol. The fourth-order valence-electron chi connectivity index (χ4n) is 3.23. The number of rotatable bonds is 5. The van der Waals surface area contributed by atoms with Crippen molar-refractivity contribution in [1.29, 1.82) is 0 Å². The molecule has 0 fully saturated rings. The number of carbonyl (C=O) groups excluding carboxylic acids is 1. The topological polar surface area (TPSA) is 45.8 Å². The number of pyridine rings is 1. The Kier molecular flexibility index (Phi) is 4.55. The number of nitrogens with zero attached hydrogens (tertiary/aromatic N) is 1. The van der Waals surface area contributed by atoms with Crippen molar-refractivity contribution in [2.45, 2.75) is 12.8 Å². The molecule has 0 saturated heterocycles. The Morgan fingerprint density at radius 1 is 0.962 bits per heavy atom. The molecular weight excluding hydrogens is 344 g/mol. The van der Waals surface area contributed by atoms with E-state index in [4.69, 9.17) is 11.6 Å². The number of fused-ring (bicyclic) bond motifs is 1. The molecule has 0 unspecified atom stereocenters. The second kappa shape index (κ2) is 7.14. The molecule has 128 valence electrons. The number of hydrogen-bond acceptors (Lipinski definition) is 2. The molecule has 0 spiro atoms. The number of Topliss-reactive ketones (excluding diaryl/α,β-unsaturated/α-hetero) is 1. The SMILES string of the molecule is O=C(Cc1cccc(Cl)c1)Cc1cncc(-c2cccc3[nH]ccc23)c1. The summed E-state index contributed by atoms with van der Waals surface area (Å²) < 4.78 is 0. The van der Waals surface area contributed by atoms with Gasteiger partial charge in [-0.05, 0) is 47.0 Å². The van der Waals surface area contributed by atoms with Gasteiger partial charge in [-0.1, -0.05) is 35.9 Å². The smallest absolute Gasteiger partial charge is 0.141 e. The Bertz CT molecular complexity index is 1080. The first-order valence-electron chi connectivity index (χ1n) is 8.45. The van der Waals surface area contributed by atoms with Crippen LogP contribution in [-0.4, -0.2) is 15.8 Å². The van der Waals surface area contributed by atoms with Gasteiger partial charge in [0.1, 0.15) is 5.78 Å². The molecule has 0 radical (unpaired) electrons. The van der Waals surface area contributed by atoms with Gasteiger partial charge in [-0.3, -0.25) is 9.78 Å². The van der Waals surface area contributed by atoms with E-state index in [1.165, 1.54) is 0 Å². The van der Waals surface area contributed by atoms with E-state index in [2.05, 4.69) is 22.1 Å². The predicted octanol–water partition coefficient (Wildman–Crippen LogP) is 5.24. The van der Waals surface area contributed by atoms with Crippen molar-refractivity contribution in [2.24, 2.45) is 0 Å². The van der Waals surface area contributed by atoms with Gasteiger partial charge in [0.2, 0.25) is 0 Å². The summed E-state index contributed by atoms with van der Waals surface area (Å²) in [5.74, 6) is 0.145. The van der Waals surface area contributed by atoms with Gasteiger partial charge in [0.05, 0.1) is 0 Å². The molecule has 0 saturated carbocycles. The van der Waals surface area contributed by atoms with Gasteiger partial charge in [0.25, 0.3) is 0 Å². The highest BCUT2D eigenvalue weighted by atomic mass is 35.5. The average molecular weight is 361 g/mol. The number of H-pyrrole nitrogens is 1. The summed E-state index contributed by atoms with van der Waals surface area (Å²) in [5.41, 5.74) is 5.07. The molecule has 0 aliphatic carbocycles. The lowest BCUT2D eigenvalue weighted by molar-refractivity contribution is -0.117. The molecule has 0 amide bonds. The van der Waals surface area contributed by atoms with Crippen LogP contribution in [0.1, 0.15) is 11.1 Å². The van der Waals surface area contributed by atoms with Crippen LogP contribution in [0, 0.1) is 0 Å². The third kappa shape index (κ3) is 3.53. The minimum atomic E-state index is 0.145. The van der Waals surface area contributed by atoms with Crippen molar-refractivity contribution < 1.29 is 4.79 Å². The minimum Gasteiger partial charge on any atom is -0.361 e. The first-order valence-corrected chi connectivity index (χ1v) is 8.83. The number of halogens is 1. The highest BCUT2D eigenvalue weighted by Gasteiger charge is 2.09. The third-order valence-electron chi connectivity index (χ3n) is 4.39. The van der Waals surface area contributed by atoms with E-state index in [-0.39, 0.29) is 5.78 Å². The summed E-state index contributed by atoms with van der Waals surface area (Å²) >= 11 is 5.99. The van der Waals surface area contributed by atoms with Gasteiger partial charge >= 0.3 is 0 Å². The molecular formula is C22H17ClN2O. The van der Waals surface area contributed by atoms with Crippen LogP contribution >= 0.6 is 11.6 Å². The number of carbonyl (C=O) groups is 1. The van der Waals surface area contributed by atoms with Crippen molar-refractivity contribution in [3.05, 3.63) is 89.3 Å². The van der Waals surface area contributed by atoms with E-state index in [1.54, 1.807) is 6.20 Å². The third-order valence-corrected chi connectivity index (χ3v) is 4.63. The van der Waals surface area contributed by atoms with Gasteiger partial charge in [-0.2, -0.15) is 0 Å². The van der Waals surface area contributed by atoms with Crippen LogP contribution in [0.5, 0.6) is 0 Å². The largest absolute Gasteiger partial charge is 0.361 e. The fourth-order valence-corrected chi connectivity index (χ4v) is 3.45. The van der Waals surface area contributed by atoms with Crippen LogP contribution in [0.25, 0.3) is 22.0 Å². The molecule has 26 heavy (non-hydrogen) atoms. The van der Waals surface area contributed by atoms with Gasteiger partial charge in [0.15, 0.2) is 0 Å². The molecule has 1 N–H and O–H groups in total. The molecule has 0 atom stereocenters. The summed E-state index contributed by atoms with van der Waals surface area (Å²) in [6.07, 6.45) is 6.26. The van der Waals surface area contributed by atoms with Gasteiger partial charge in [-0.25, -0.2) is 0 Å². The highest BCUT2D eigenvalue weighted by molar-refractivity contribution is 6.30. The highest BCUT2D eigenvalue weighted by Crippen LogP contribution is 2.28. The van der Waals surface area contributed by atoms with Gasteiger partial charge in [-0.15, -0.1) is 0 Å². The maximum atomic E-state index is 12.4.